The Morgan fingerprint density at radius 3 is 2.18 bits per heavy atom. The van der Waals surface area contributed by atoms with Gasteiger partial charge in [-0.15, -0.1) is 0 Å². The van der Waals surface area contributed by atoms with Gasteiger partial charge in [-0.2, -0.15) is 13.2 Å². The van der Waals surface area contributed by atoms with Gasteiger partial charge in [0.05, 0.1) is 11.9 Å². The first-order valence-electron chi connectivity index (χ1n) is 8.17. The third-order valence-corrected chi connectivity index (χ3v) is 3.56. The SMILES string of the molecule is CCC(=O)N(C)CCN(C)C(C(=O)NC)c1cnccn1.O=C(O)C(F)(F)F. The van der Waals surface area contributed by atoms with E-state index in [4.69, 9.17) is 9.90 Å². The molecule has 0 aliphatic carbocycles. The summed E-state index contributed by atoms with van der Waals surface area (Å²) >= 11 is 0. The summed E-state index contributed by atoms with van der Waals surface area (Å²) in [7, 11) is 5.18. The number of aromatic nitrogens is 2. The Hall–Kier alpha value is -2.76. The number of nitrogens with one attached hydrogen (secondary N) is 1. The Balaban J connectivity index is 0.000000887. The Morgan fingerprint density at radius 2 is 1.79 bits per heavy atom. The van der Waals surface area contributed by atoms with E-state index in [1.54, 1.807) is 37.6 Å². The first kappa shape index (κ1) is 25.2. The second-order valence-electron chi connectivity index (χ2n) is 5.60. The Bertz CT molecular complexity index is 643. The predicted molar refractivity (Wildman–Crippen MR) is 93.1 cm³/mol. The van der Waals surface area contributed by atoms with Crippen LogP contribution >= 0.6 is 0 Å². The Morgan fingerprint density at radius 1 is 1.21 bits per heavy atom. The minimum absolute atomic E-state index is 0.0828. The highest BCUT2D eigenvalue weighted by Gasteiger charge is 2.38. The van der Waals surface area contributed by atoms with E-state index in [-0.39, 0.29) is 11.8 Å². The molecule has 0 aromatic carbocycles. The van der Waals surface area contributed by atoms with Crippen LogP contribution in [0.4, 0.5) is 13.2 Å². The molecule has 158 valence electrons. The molecule has 0 saturated carbocycles. The van der Waals surface area contributed by atoms with Gasteiger partial charge in [0.1, 0.15) is 6.04 Å². The van der Waals surface area contributed by atoms with Crippen LogP contribution in [-0.4, -0.2) is 83.1 Å². The number of nitrogens with zero attached hydrogens (tertiary/aromatic N) is 4. The number of carboxylic acid groups (broad SMARTS) is 1. The molecule has 2 amide bonds. The van der Waals surface area contributed by atoms with Crippen molar-refractivity contribution in [3.05, 3.63) is 24.3 Å². The first-order valence-corrected chi connectivity index (χ1v) is 8.17. The van der Waals surface area contributed by atoms with Gasteiger partial charge in [0.25, 0.3) is 0 Å². The summed E-state index contributed by atoms with van der Waals surface area (Å²) in [6.07, 6.45) is 0.102. The van der Waals surface area contributed by atoms with Gasteiger partial charge < -0.3 is 15.3 Å². The van der Waals surface area contributed by atoms with Gasteiger partial charge in [0, 0.05) is 46.0 Å². The van der Waals surface area contributed by atoms with Gasteiger partial charge in [-0.3, -0.25) is 24.5 Å². The van der Waals surface area contributed by atoms with Crippen molar-refractivity contribution in [1.29, 1.82) is 0 Å². The number of halogens is 3. The minimum Gasteiger partial charge on any atom is -0.475 e. The van der Waals surface area contributed by atoms with Crippen LogP contribution in [-0.2, 0) is 14.4 Å². The largest absolute Gasteiger partial charge is 0.490 e. The molecule has 0 bridgehead atoms. The standard InChI is InChI=1S/C14H23N5O2.C2HF3O2/c1-5-12(20)18(3)8-9-19(4)13(14(21)15-2)11-10-16-6-7-17-11;3-2(4,5)1(6)7/h6-7,10,13H,5,8-9H2,1-4H3,(H,15,21);(H,6,7). The van der Waals surface area contributed by atoms with E-state index in [0.717, 1.165) is 0 Å². The normalized spacial score (nSPS) is 11.9. The van der Waals surface area contributed by atoms with E-state index < -0.39 is 18.2 Å². The maximum absolute atomic E-state index is 12.1. The molecule has 0 saturated heterocycles. The van der Waals surface area contributed by atoms with Crippen molar-refractivity contribution in [2.45, 2.75) is 25.6 Å². The van der Waals surface area contributed by atoms with Crippen LogP contribution in [0.15, 0.2) is 18.6 Å². The van der Waals surface area contributed by atoms with Crippen molar-refractivity contribution in [1.82, 2.24) is 25.1 Å². The van der Waals surface area contributed by atoms with Crippen LogP contribution in [0.5, 0.6) is 0 Å². The molecule has 1 atom stereocenters. The third kappa shape index (κ3) is 8.75. The lowest BCUT2D eigenvalue weighted by Gasteiger charge is -2.28. The molecule has 9 nitrogen and oxygen atoms in total. The summed E-state index contributed by atoms with van der Waals surface area (Å²) in [5.41, 5.74) is 0.587. The average molecular weight is 407 g/mol. The van der Waals surface area contributed by atoms with Crippen molar-refractivity contribution in [3.63, 3.8) is 0 Å². The first-order chi connectivity index (χ1) is 12.9. The lowest BCUT2D eigenvalue weighted by molar-refractivity contribution is -0.192. The monoisotopic (exact) mass is 407 g/mol. The quantitative estimate of drug-likeness (QED) is 0.683. The smallest absolute Gasteiger partial charge is 0.475 e. The average Bonchev–Trinajstić information content (AvgIpc) is 2.65. The number of carbonyl (C=O) groups excluding carboxylic acids is 2. The minimum atomic E-state index is -5.08. The molecule has 0 radical (unpaired) electrons. The summed E-state index contributed by atoms with van der Waals surface area (Å²) < 4.78 is 31.7. The molecule has 1 rings (SSSR count). The van der Waals surface area contributed by atoms with E-state index in [2.05, 4.69) is 15.3 Å². The fraction of sp³-hybridized carbons (Fsp3) is 0.562. The maximum Gasteiger partial charge on any atom is 0.490 e. The van der Waals surface area contributed by atoms with E-state index in [1.807, 2.05) is 18.9 Å². The summed E-state index contributed by atoms with van der Waals surface area (Å²) in [6.45, 7) is 2.95. The predicted octanol–water partition coefficient (Wildman–Crippen LogP) is 0.697. The van der Waals surface area contributed by atoms with E-state index >= 15 is 0 Å². The molecule has 0 aliphatic heterocycles. The topological polar surface area (TPSA) is 116 Å². The zero-order valence-corrected chi connectivity index (χ0v) is 16.0. The highest BCUT2D eigenvalue weighted by atomic mass is 19.4. The molecule has 1 unspecified atom stereocenters. The van der Waals surface area contributed by atoms with Crippen molar-refractivity contribution >= 4 is 17.8 Å². The fourth-order valence-corrected chi connectivity index (χ4v) is 1.98. The molecule has 1 heterocycles. The van der Waals surface area contributed by atoms with Crippen molar-refractivity contribution in [2.24, 2.45) is 0 Å². The molecule has 1 aromatic heterocycles. The number of hydrogen-bond acceptors (Lipinski definition) is 6. The Labute approximate surface area is 160 Å². The second-order valence-corrected chi connectivity index (χ2v) is 5.60. The van der Waals surface area contributed by atoms with Crippen molar-refractivity contribution in [3.8, 4) is 0 Å². The van der Waals surface area contributed by atoms with Crippen LogP contribution < -0.4 is 5.32 Å². The number of aliphatic carboxylic acids is 1. The lowest BCUT2D eigenvalue weighted by atomic mass is 10.1. The summed E-state index contributed by atoms with van der Waals surface area (Å²) in [4.78, 5) is 44.3. The summed E-state index contributed by atoms with van der Waals surface area (Å²) in [5.74, 6) is -2.82. The number of rotatable bonds is 7. The van der Waals surface area contributed by atoms with Gasteiger partial charge in [-0.1, -0.05) is 6.92 Å². The van der Waals surface area contributed by atoms with Crippen LogP contribution in [0.2, 0.25) is 0 Å². The molecular weight excluding hydrogens is 383 g/mol. The van der Waals surface area contributed by atoms with Gasteiger partial charge >= 0.3 is 12.1 Å². The van der Waals surface area contributed by atoms with E-state index in [9.17, 15) is 22.8 Å². The van der Waals surface area contributed by atoms with Crippen LogP contribution in [0.3, 0.4) is 0 Å². The number of carbonyl (C=O) groups is 3. The van der Waals surface area contributed by atoms with E-state index in [1.165, 1.54) is 0 Å². The van der Waals surface area contributed by atoms with Crippen LogP contribution in [0, 0.1) is 0 Å². The van der Waals surface area contributed by atoms with Gasteiger partial charge in [-0.25, -0.2) is 4.79 Å². The summed E-state index contributed by atoms with van der Waals surface area (Å²) in [6, 6.07) is -0.520. The number of alkyl halides is 3. The molecule has 0 aliphatic rings. The molecule has 1 aromatic rings. The molecular formula is C16H24F3N5O4. The van der Waals surface area contributed by atoms with Crippen LogP contribution in [0.25, 0.3) is 0 Å². The fourth-order valence-electron chi connectivity index (χ4n) is 1.98. The highest BCUT2D eigenvalue weighted by molar-refractivity contribution is 5.82. The highest BCUT2D eigenvalue weighted by Crippen LogP contribution is 2.16. The lowest BCUT2D eigenvalue weighted by Crippen LogP contribution is -2.41. The van der Waals surface area contributed by atoms with Crippen molar-refractivity contribution < 1.29 is 32.7 Å². The second kappa shape index (κ2) is 11.8. The van der Waals surface area contributed by atoms with Gasteiger partial charge in [0.2, 0.25) is 11.8 Å². The van der Waals surface area contributed by atoms with E-state index in [0.29, 0.717) is 25.2 Å². The Kier molecular flexibility index (Phi) is 10.7. The van der Waals surface area contributed by atoms with Gasteiger partial charge in [-0.05, 0) is 7.05 Å². The molecule has 2 N–H and O–H groups in total. The zero-order valence-electron chi connectivity index (χ0n) is 16.0. The van der Waals surface area contributed by atoms with Crippen molar-refractivity contribution in [2.75, 3.05) is 34.2 Å². The third-order valence-electron chi connectivity index (χ3n) is 3.56. The zero-order chi connectivity index (χ0) is 21.9. The van der Waals surface area contributed by atoms with Crippen LogP contribution in [0.1, 0.15) is 25.1 Å². The maximum atomic E-state index is 12.1. The van der Waals surface area contributed by atoms with Gasteiger partial charge in [0.15, 0.2) is 0 Å². The number of carboxylic acids is 1. The molecule has 12 heteroatoms. The molecule has 28 heavy (non-hydrogen) atoms. The number of hydrogen-bond donors (Lipinski definition) is 2. The molecule has 0 spiro atoms. The number of likely N-dealkylation sites (N-methyl/N-ethyl adjacent to an activating group) is 3. The molecule has 0 fully saturated rings. The summed E-state index contributed by atoms with van der Waals surface area (Å²) in [5, 5.41) is 9.76. The number of amides is 2.